The number of allylic oxidation sites excluding steroid dienone is 2. The Kier molecular flexibility index (Phi) is 27.7. The Morgan fingerprint density at radius 2 is 0.754 bits per heavy atom. The molecular formula is C98H118F4N10O6. The average Bonchev–Trinajstić information content (AvgIpc) is 0.762. The van der Waals surface area contributed by atoms with E-state index in [4.69, 9.17) is 0 Å². The highest BCUT2D eigenvalue weighted by atomic mass is 19.1. The zero-order valence-corrected chi connectivity index (χ0v) is 70.1. The predicted octanol–water partition coefficient (Wildman–Crippen LogP) is 17.0. The molecule has 2 aromatic heterocycles. The molecule has 16 nitrogen and oxygen atoms in total. The molecular weight excluding hydrogens is 1490 g/mol. The highest BCUT2D eigenvalue weighted by Crippen LogP contribution is 2.54. The molecule has 4 amide bonds. The molecule has 4 aliphatic heterocycles. The van der Waals surface area contributed by atoms with Crippen LogP contribution in [0.2, 0.25) is 0 Å². The van der Waals surface area contributed by atoms with Gasteiger partial charge in [-0.1, -0.05) is 54.6 Å². The van der Waals surface area contributed by atoms with Crippen LogP contribution in [0, 0.1) is 44.9 Å². The molecule has 2 atom stereocenters. The first-order valence-corrected chi connectivity index (χ1v) is 43.2. The maximum atomic E-state index is 14.1. The number of nitrogens with one attached hydrogen (secondary N) is 4. The molecule has 4 fully saturated rings. The van der Waals surface area contributed by atoms with Crippen LogP contribution < -0.4 is 21.3 Å². The van der Waals surface area contributed by atoms with Crippen LogP contribution in [0.4, 0.5) is 17.6 Å². The van der Waals surface area contributed by atoms with Gasteiger partial charge in [0, 0.05) is 104 Å². The molecule has 118 heavy (non-hydrogen) atoms. The van der Waals surface area contributed by atoms with Gasteiger partial charge in [-0.05, 0) is 372 Å². The summed E-state index contributed by atoms with van der Waals surface area (Å²) >= 11 is 0. The smallest absolute Gasteiger partial charge is 0.272 e. The van der Waals surface area contributed by atoms with Crippen LogP contribution in [0.1, 0.15) is 240 Å². The van der Waals surface area contributed by atoms with Gasteiger partial charge in [0.05, 0.1) is 0 Å². The molecule has 624 valence electrons. The number of amides is 4. The van der Waals surface area contributed by atoms with Gasteiger partial charge < -0.3 is 51.1 Å². The van der Waals surface area contributed by atoms with Crippen LogP contribution >= 0.6 is 0 Å². The summed E-state index contributed by atoms with van der Waals surface area (Å²) in [6.07, 6.45) is 22.5. The Balaban J connectivity index is 0.000000136. The number of phenolic OH excluding ortho intramolecular Hbond substituents is 2. The fourth-order valence-electron chi connectivity index (χ4n) is 19.9. The molecule has 6 N–H and O–H groups in total. The van der Waals surface area contributed by atoms with Crippen LogP contribution in [0.15, 0.2) is 158 Å². The molecule has 0 saturated carbocycles. The molecule has 0 bridgehead atoms. The summed E-state index contributed by atoms with van der Waals surface area (Å²) in [4.78, 5) is 66.5. The quantitative estimate of drug-likeness (QED) is 0.0502. The molecule has 4 saturated heterocycles. The fraction of sp³-hybridized carbons (Fsp3) is 0.449. The van der Waals surface area contributed by atoms with Crippen molar-refractivity contribution in [3.05, 3.63) is 271 Å². The van der Waals surface area contributed by atoms with Crippen molar-refractivity contribution in [2.45, 2.75) is 157 Å². The number of halogens is 4. The van der Waals surface area contributed by atoms with Crippen LogP contribution in [0.5, 0.6) is 11.5 Å². The van der Waals surface area contributed by atoms with Gasteiger partial charge in [-0.15, -0.1) is 0 Å². The second kappa shape index (κ2) is 38.0. The minimum Gasteiger partial charge on any atom is -0.508 e. The fourth-order valence-corrected chi connectivity index (χ4v) is 19.9. The van der Waals surface area contributed by atoms with Crippen molar-refractivity contribution in [1.29, 1.82) is 0 Å². The zero-order valence-electron chi connectivity index (χ0n) is 70.1. The van der Waals surface area contributed by atoms with E-state index in [2.05, 4.69) is 43.4 Å². The first-order valence-electron chi connectivity index (χ1n) is 43.2. The number of aromatic hydroxyl groups is 2. The minimum absolute atomic E-state index is 0.00750. The van der Waals surface area contributed by atoms with Crippen LogP contribution in [0.3, 0.4) is 0 Å². The third-order valence-corrected chi connectivity index (χ3v) is 26.7. The van der Waals surface area contributed by atoms with Crippen molar-refractivity contribution >= 4 is 34.8 Å². The topological polar surface area (TPSA) is 196 Å². The summed E-state index contributed by atoms with van der Waals surface area (Å²) in [5.41, 5.74) is 16.3. The standard InChI is InChI=1S/C25H31FN2O2.C25H29FN2O2.C24H30FN3O.C24H28FN3O/c2*1-3-28(4-2)24(30)17-6-8-20(23(29)13-17)22-16-25(9-11-27-12-10-25)15-18-5-7-19(26)14-21(18)22;2*1-3-28(4-2)23(29)22-8-6-18(16-27-22)21-15-24(9-11-26-12-10-24)14-17-5-7-19(25)13-20(17)21/h5-8,13-14,22,27,29H,3-4,9-12,15-16H2,1-2H3;5-8,13-14,16,27,29H,3-4,9-12,15H2,1-2H3;5-8,13,16,21,26H,3-4,9-12,14-15H2,1-2H3;5-8,13,15-16,26H,3-4,9-12,14H2,1-2H3. The first kappa shape index (κ1) is 86.0. The Bertz CT molecular complexity index is 4950. The number of pyridine rings is 2. The SMILES string of the molecule is CCN(CC)C(=O)c1ccc(C2=CC3(CCNCC3)Cc3ccc(F)cc32)c(O)c1.CCN(CC)C(=O)c1ccc(C2=CC3(CCNCC3)Cc3ccc(F)cc32)cn1.CCN(CC)C(=O)c1ccc(C2CC3(CCNCC3)Cc3ccc(F)cc32)c(O)c1.CCN(CC)C(=O)c1ccc(C2CC3(CCNCC3)Cc3ccc(F)cc32)cn1. The van der Waals surface area contributed by atoms with Crippen LogP contribution in [-0.2, 0) is 25.7 Å². The molecule has 2 unspecified atom stereocenters. The van der Waals surface area contributed by atoms with E-state index in [9.17, 15) is 47.0 Å². The number of carbonyl (C=O) groups is 4. The number of fused-ring (bicyclic) bond motifs is 4. The molecule has 6 heterocycles. The Labute approximate surface area is 694 Å². The first-order chi connectivity index (χ1) is 57.0. The lowest BCUT2D eigenvalue weighted by atomic mass is 9.61. The van der Waals surface area contributed by atoms with E-state index in [0.29, 0.717) is 80.4 Å². The number of hydrogen-bond donors (Lipinski definition) is 6. The number of rotatable bonds is 16. The molecule has 8 aromatic rings. The third kappa shape index (κ3) is 19.1. The third-order valence-electron chi connectivity index (χ3n) is 26.7. The van der Waals surface area contributed by atoms with Crippen molar-refractivity contribution in [3.63, 3.8) is 0 Å². The number of nitrogens with zero attached hydrogens (tertiary/aromatic N) is 6. The highest BCUT2D eigenvalue weighted by Gasteiger charge is 2.44. The van der Waals surface area contributed by atoms with Crippen molar-refractivity contribution in [2.24, 2.45) is 21.7 Å². The van der Waals surface area contributed by atoms with Crippen molar-refractivity contribution < 1.29 is 47.0 Å². The van der Waals surface area contributed by atoms with Gasteiger partial charge in [0.2, 0.25) is 0 Å². The van der Waals surface area contributed by atoms with Gasteiger partial charge in [-0.25, -0.2) is 17.6 Å². The summed E-state index contributed by atoms with van der Waals surface area (Å²) in [5, 5.41) is 35.6. The molecule has 8 aliphatic rings. The van der Waals surface area contributed by atoms with Crippen LogP contribution in [0.25, 0.3) is 11.1 Å². The second-order valence-electron chi connectivity index (χ2n) is 33.7. The van der Waals surface area contributed by atoms with Crippen molar-refractivity contribution in [3.8, 4) is 11.5 Å². The van der Waals surface area contributed by atoms with E-state index >= 15 is 0 Å². The Hall–Kier alpha value is -9.86. The largest absolute Gasteiger partial charge is 0.508 e. The van der Waals surface area contributed by atoms with Gasteiger partial charge in [0.25, 0.3) is 23.6 Å². The molecule has 4 spiro atoms. The van der Waals surface area contributed by atoms with Crippen molar-refractivity contribution in [1.82, 2.24) is 50.8 Å². The summed E-state index contributed by atoms with van der Waals surface area (Å²) in [6.45, 7) is 28.8. The lowest BCUT2D eigenvalue weighted by molar-refractivity contribution is 0.0759. The van der Waals surface area contributed by atoms with Gasteiger partial charge in [-0.2, -0.15) is 0 Å². The molecule has 6 aromatic carbocycles. The minimum atomic E-state index is -0.284. The van der Waals surface area contributed by atoms with Gasteiger partial charge in [0.1, 0.15) is 46.2 Å². The number of aromatic nitrogens is 2. The number of phenols is 2. The summed E-state index contributed by atoms with van der Waals surface area (Å²) in [7, 11) is 0. The Morgan fingerprint density at radius 3 is 1.18 bits per heavy atom. The number of piperidine rings is 4. The van der Waals surface area contributed by atoms with E-state index in [1.54, 1.807) is 105 Å². The van der Waals surface area contributed by atoms with Gasteiger partial charge in [0.15, 0.2) is 0 Å². The lowest BCUT2D eigenvalue weighted by Crippen LogP contribution is -2.41. The Morgan fingerprint density at radius 1 is 0.373 bits per heavy atom. The maximum absolute atomic E-state index is 14.1. The van der Waals surface area contributed by atoms with E-state index in [-0.39, 0.29) is 91.9 Å². The molecule has 16 rings (SSSR count). The normalized spacial score (nSPS) is 18.8. The van der Waals surface area contributed by atoms with E-state index < -0.39 is 0 Å². The monoisotopic (exact) mass is 1610 g/mol. The summed E-state index contributed by atoms with van der Waals surface area (Å²) in [5.74, 6) is -0.966. The van der Waals surface area contributed by atoms with E-state index in [1.165, 1.54) is 22.8 Å². The molecule has 4 aliphatic carbocycles. The van der Waals surface area contributed by atoms with Gasteiger partial charge in [-0.3, -0.25) is 29.1 Å². The highest BCUT2D eigenvalue weighted by molar-refractivity contribution is 5.97. The molecule has 0 radical (unpaired) electrons. The van der Waals surface area contributed by atoms with E-state index in [0.717, 1.165) is 198 Å². The number of hydrogen-bond acceptors (Lipinski definition) is 12. The maximum Gasteiger partial charge on any atom is 0.272 e. The van der Waals surface area contributed by atoms with Crippen LogP contribution in [-0.4, -0.2) is 168 Å². The second-order valence-corrected chi connectivity index (χ2v) is 33.7. The van der Waals surface area contributed by atoms with Gasteiger partial charge >= 0.3 is 0 Å². The summed E-state index contributed by atoms with van der Waals surface area (Å²) in [6, 6.07) is 38.3. The summed E-state index contributed by atoms with van der Waals surface area (Å²) < 4.78 is 56.4. The lowest BCUT2D eigenvalue weighted by Gasteiger charge is -2.45. The van der Waals surface area contributed by atoms with Crippen molar-refractivity contribution in [2.75, 3.05) is 105 Å². The number of benzene rings is 6. The van der Waals surface area contributed by atoms with E-state index in [1.807, 2.05) is 110 Å². The average molecular weight is 1610 g/mol. The number of carbonyl (C=O) groups excluding carboxylic acids is 4. The molecule has 20 heteroatoms. The zero-order chi connectivity index (χ0) is 83.5. The predicted molar refractivity (Wildman–Crippen MR) is 459 cm³/mol.